The SMILES string of the molecule is COc1cc(/C=C(\C#N)C(=O)Nc2c(Cl)cc([N+](=O)[O-])cc2Cl)cc(Br)c1OCc1ccc([N+](=O)[O-])cc1. The summed E-state index contributed by atoms with van der Waals surface area (Å²) < 4.78 is 11.7. The molecule has 1 amide bonds. The molecule has 0 spiro atoms. The lowest BCUT2D eigenvalue weighted by Crippen LogP contribution is -2.14. The van der Waals surface area contributed by atoms with Crippen LogP contribution in [0.3, 0.4) is 0 Å². The third-order valence-electron chi connectivity index (χ3n) is 4.93. The molecule has 0 heterocycles. The van der Waals surface area contributed by atoms with E-state index in [1.165, 1.54) is 31.4 Å². The molecule has 0 unspecified atom stereocenters. The number of hydrogen-bond donors (Lipinski definition) is 1. The van der Waals surface area contributed by atoms with Gasteiger partial charge in [-0.3, -0.25) is 25.0 Å². The Bertz CT molecular complexity index is 1480. The highest BCUT2D eigenvalue weighted by atomic mass is 79.9. The molecule has 14 heteroatoms. The summed E-state index contributed by atoms with van der Waals surface area (Å²) in [6.45, 7) is 0.0880. The number of amides is 1. The lowest BCUT2D eigenvalue weighted by atomic mass is 10.1. The summed E-state index contributed by atoms with van der Waals surface area (Å²) >= 11 is 15.4. The first-order chi connectivity index (χ1) is 18.0. The number of ether oxygens (including phenoxy) is 2. The first-order valence-corrected chi connectivity index (χ1v) is 11.9. The molecule has 0 saturated heterocycles. The van der Waals surface area contributed by atoms with Gasteiger partial charge in [-0.25, -0.2) is 0 Å². The third-order valence-corrected chi connectivity index (χ3v) is 6.12. The minimum Gasteiger partial charge on any atom is -0.493 e. The predicted molar refractivity (Wildman–Crippen MR) is 143 cm³/mol. The highest BCUT2D eigenvalue weighted by Crippen LogP contribution is 2.38. The van der Waals surface area contributed by atoms with Gasteiger partial charge in [0.2, 0.25) is 0 Å². The van der Waals surface area contributed by atoms with Crippen LogP contribution in [-0.2, 0) is 11.4 Å². The van der Waals surface area contributed by atoms with E-state index in [-0.39, 0.29) is 45.0 Å². The Morgan fingerprint density at radius 3 is 2.21 bits per heavy atom. The van der Waals surface area contributed by atoms with Gasteiger partial charge in [-0.1, -0.05) is 23.2 Å². The minimum atomic E-state index is -0.848. The van der Waals surface area contributed by atoms with E-state index < -0.39 is 15.8 Å². The van der Waals surface area contributed by atoms with Crippen molar-refractivity contribution < 1.29 is 24.1 Å². The van der Waals surface area contributed by atoms with Gasteiger partial charge < -0.3 is 14.8 Å². The summed E-state index contributed by atoms with van der Waals surface area (Å²) in [5.74, 6) is -0.235. The molecular weight excluding hydrogens is 607 g/mol. The second kappa shape index (κ2) is 12.4. The Balaban J connectivity index is 1.83. The number of nitro groups is 2. The summed E-state index contributed by atoms with van der Waals surface area (Å²) in [6.07, 6.45) is 1.29. The number of non-ortho nitro benzene ring substituents is 2. The maximum absolute atomic E-state index is 12.7. The van der Waals surface area contributed by atoms with E-state index in [0.717, 1.165) is 12.1 Å². The van der Waals surface area contributed by atoms with Crippen LogP contribution >= 0.6 is 39.1 Å². The zero-order valence-electron chi connectivity index (χ0n) is 19.2. The maximum Gasteiger partial charge on any atom is 0.272 e. The van der Waals surface area contributed by atoms with Crippen molar-refractivity contribution in [2.75, 3.05) is 12.4 Å². The quantitative estimate of drug-likeness (QED) is 0.119. The van der Waals surface area contributed by atoms with Gasteiger partial charge in [0.1, 0.15) is 18.2 Å². The highest BCUT2D eigenvalue weighted by molar-refractivity contribution is 9.10. The van der Waals surface area contributed by atoms with Crippen LogP contribution in [0.1, 0.15) is 11.1 Å². The Hall–Kier alpha value is -4.18. The molecule has 0 aromatic heterocycles. The topological polar surface area (TPSA) is 158 Å². The molecule has 3 rings (SSSR count). The van der Waals surface area contributed by atoms with Gasteiger partial charge in [-0.05, 0) is 57.4 Å². The van der Waals surface area contributed by atoms with E-state index in [1.54, 1.807) is 24.3 Å². The molecule has 38 heavy (non-hydrogen) atoms. The van der Waals surface area contributed by atoms with Crippen LogP contribution in [-0.4, -0.2) is 22.9 Å². The van der Waals surface area contributed by atoms with Gasteiger partial charge in [0.05, 0.1) is 37.2 Å². The number of nitrogens with zero attached hydrogens (tertiary/aromatic N) is 3. The fraction of sp³-hybridized carbons (Fsp3) is 0.0833. The standard InChI is InChI=1S/C24H15BrCl2N4O7/c1-37-21-8-14(7-18(25)23(21)38-12-13-2-4-16(5-3-13)30(33)34)6-15(11-28)24(32)29-22-19(26)9-17(31(35)36)10-20(22)27/h2-10H,12H2,1H3,(H,29,32)/b15-6+. The molecule has 3 aromatic carbocycles. The van der Waals surface area contributed by atoms with Gasteiger partial charge in [0, 0.05) is 24.3 Å². The molecule has 0 fully saturated rings. The zero-order chi connectivity index (χ0) is 28.0. The lowest BCUT2D eigenvalue weighted by molar-refractivity contribution is -0.385. The summed E-state index contributed by atoms with van der Waals surface area (Å²) in [7, 11) is 1.41. The van der Waals surface area contributed by atoms with Crippen molar-refractivity contribution in [2.24, 2.45) is 0 Å². The molecule has 0 atom stereocenters. The van der Waals surface area contributed by atoms with E-state index in [1.807, 2.05) is 0 Å². The first-order valence-electron chi connectivity index (χ1n) is 10.3. The fourth-order valence-electron chi connectivity index (χ4n) is 3.11. The summed E-state index contributed by atoms with van der Waals surface area (Å²) in [6, 6.07) is 12.8. The largest absolute Gasteiger partial charge is 0.493 e. The van der Waals surface area contributed by atoms with Gasteiger partial charge in [0.15, 0.2) is 11.5 Å². The van der Waals surface area contributed by atoms with Crippen LogP contribution < -0.4 is 14.8 Å². The van der Waals surface area contributed by atoms with Crippen LogP contribution in [0.4, 0.5) is 17.1 Å². The van der Waals surface area contributed by atoms with Crippen LogP contribution in [0.25, 0.3) is 6.08 Å². The number of methoxy groups -OCH3 is 1. The van der Waals surface area contributed by atoms with Crippen molar-refractivity contribution in [2.45, 2.75) is 6.61 Å². The van der Waals surface area contributed by atoms with Gasteiger partial charge in [-0.15, -0.1) is 0 Å². The fourth-order valence-corrected chi connectivity index (χ4v) is 4.26. The van der Waals surface area contributed by atoms with Crippen LogP contribution in [0.5, 0.6) is 11.5 Å². The molecule has 0 saturated carbocycles. The summed E-state index contributed by atoms with van der Waals surface area (Å²) in [4.78, 5) is 33.3. The summed E-state index contributed by atoms with van der Waals surface area (Å²) in [5, 5.41) is 33.4. The molecule has 3 aromatic rings. The normalized spacial score (nSPS) is 10.9. The molecule has 0 aliphatic heterocycles. The second-order valence-corrected chi connectivity index (χ2v) is 9.08. The van der Waals surface area contributed by atoms with E-state index in [0.29, 0.717) is 21.3 Å². The third kappa shape index (κ3) is 6.77. The average molecular weight is 622 g/mol. The monoisotopic (exact) mass is 620 g/mol. The highest BCUT2D eigenvalue weighted by Gasteiger charge is 2.19. The van der Waals surface area contributed by atoms with Crippen molar-refractivity contribution in [1.29, 1.82) is 5.26 Å². The molecule has 0 aliphatic rings. The number of nitriles is 1. The number of carbonyl (C=O) groups is 1. The van der Waals surface area contributed by atoms with E-state index in [2.05, 4.69) is 21.2 Å². The molecular formula is C24H15BrCl2N4O7. The van der Waals surface area contributed by atoms with Crippen molar-refractivity contribution in [1.82, 2.24) is 0 Å². The first kappa shape index (κ1) is 28.4. The summed E-state index contributed by atoms with van der Waals surface area (Å²) in [5.41, 5.74) is 0.286. The Kier molecular flexibility index (Phi) is 9.25. The van der Waals surface area contributed by atoms with Crippen LogP contribution in [0.2, 0.25) is 10.0 Å². The molecule has 194 valence electrons. The van der Waals surface area contributed by atoms with Crippen molar-refractivity contribution in [3.05, 3.63) is 100.0 Å². The number of nitro benzene ring substituents is 2. The molecule has 0 aliphatic carbocycles. The minimum absolute atomic E-state index is 0.0425. The molecule has 11 nitrogen and oxygen atoms in total. The smallest absolute Gasteiger partial charge is 0.272 e. The maximum atomic E-state index is 12.7. The average Bonchev–Trinajstić information content (AvgIpc) is 2.88. The van der Waals surface area contributed by atoms with Crippen LogP contribution in [0, 0.1) is 31.6 Å². The molecule has 0 bridgehead atoms. The van der Waals surface area contributed by atoms with Gasteiger partial charge in [-0.2, -0.15) is 5.26 Å². The Labute approximate surface area is 233 Å². The molecule has 0 radical (unpaired) electrons. The van der Waals surface area contributed by atoms with Crippen molar-refractivity contribution in [3.63, 3.8) is 0 Å². The van der Waals surface area contributed by atoms with E-state index in [9.17, 15) is 30.3 Å². The number of nitrogens with one attached hydrogen (secondary N) is 1. The van der Waals surface area contributed by atoms with Crippen LogP contribution in [0.15, 0.2) is 58.6 Å². The molecule has 1 N–H and O–H groups in total. The van der Waals surface area contributed by atoms with Crippen molar-refractivity contribution in [3.8, 4) is 17.6 Å². The Morgan fingerprint density at radius 1 is 1.08 bits per heavy atom. The number of carbonyl (C=O) groups excluding carboxylic acids is 1. The zero-order valence-corrected chi connectivity index (χ0v) is 22.3. The predicted octanol–water partition coefficient (Wildman–Crippen LogP) is 6.71. The van der Waals surface area contributed by atoms with Crippen molar-refractivity contribution >= 4 is 68.2 Å². The van der Waals surface area contributed by atoms with Gasteiger partial charge >= 0.3 is 0 Å². The number of anilines is 1. The lowest BCUT2D eigenvalue weighted by Gasteiger charge is -2.14. The number of hydrogen-bond acceptors (Lipinski definition) is 8. The van der Waals surface area contributed by atoms with E-state index in [4.69, 9.17) is 32.7 Å². The second-order valence-electron chi connectivity index (χ2n) is 7.41. The number of rotatable bonds is 9. The Morgan fingerprint density at radius 2 is 1.68 bits per heavy atom. The number of halogens is 3. The van der Waals surface area contributed by atoms with Gasteiger partial charge in [0.25, 0.3) is 17.3 Å². The number of benzene rings is 3. The van der Waals surface area contributed by atoms with E-state index >= 15 is 0 Å².